The average molecular weight is 483 g/mol. The fourth-order valence-electron chi connectivity index (χ4n) is 5.17. The third kappa shape index (κ3) is 3.98. The minimum atomic E-state index is 0.621. The van der Waals surface area contributed by atoms with E-state index in [9.17, 15) is 5.26 Å². The van der Waals surface area contributed by atoms with Crippen molar-refractivity contribution in [3.05, 3.63) is 103 Å². The largest absolute Gasteiger partial charge is 0.385 e. The monoisotopic (exact) mass is 482 g/mol. The van der Waals surface area contributed by atoms with Crippen LogP contribution in [0, 0.1) is 11.3 Å². The fourth-order valence-corrected chi connectivity index (χ4v) is 5.17. The standard InChI is InChI=1S/C32H26N4O/c1-37-18-8-17-34-32-23(20-33)10-6-16-30(32)36-28-14-5-3-11-26(28)31-25(12-7-15-29(31)36)24-19-22-9-2-4-13-27(22)35-21-24/h2-7,9-16,19,21,34H,8,17-18H2,1H3. The minimum Gasteiger partial charge on any atom is -0.385 e. The highest BCUT2D eigenvalue weighted by molar-refractivity contribution is 6.16. The Bertz CT molecular complexity index is 1790. The molecule has 5 nitrogen and oxygen atoms in total. The Morgan fingerprint density at radius 1 is 0.919 bits per heavy atom. The number of nitrogens with zero attached hydrogens (tertiary/aromatic N) is 3. The number of methoxy groups -OCH3 is 1. The summed E-state index contributed by atoms with van der Waals surface area (Å²) in [5.74, 6) is 0. The number of nitriles is 1. The molecule has 37 heavy (non-hydrogen) atoms. The summed E-state index contributed by atoms with van der Waals surface area (Å²) in [7, 11) is 1.70. The molecule has 0 spiro atoms. The molecule has 180 valence electrons. The topological polar surface area (TPSA) is 62.9 Å². The first kappa shape index (κ1) is 22.8. The molecule has 0 saturated carbocycles. The Kier molecular flexibility index (Phi) is 6.02. The van der Waals surface area contributed by atoms with Crippen LogP contribution in [0.4, 0.5) is 5.69 Å². The second kappa shape index (κ2) is 9.77. The lowest BCUT2D eigenvalue weighted by Gasteiger charge is -2.16. The zero-order chi connectivity index (χ0) is 25.2. The number of para-hydroxylation sites is 3. The SMILES string of the molecule is COCCCNc1c(C#N)cccc1-n1c2ccccc2c2c(-c3cnc4ccccc4c3)cccc21. The first-order valence-electron chi connectivity index (χ1n) is 12.4. The van der Waals surface area contributed by atoms with E-state index in [1.807, 2.05) is 36.5 Å². The molecular formula is C32H26N4O. The molecular weight excluding hydrogens is 456 g/mol. The number of fused-ring (bicyclic) bond motifs is 4. The molecule has 0 aliphatic rings. The van der Waals surface area contributed by atoms with Crippen molar-refractivity contribution in [3.63, 3.8) is 0 Å². The van der Waals surface area contributed by atoms with Gasteiger partial charge < -0.3 is 14.6 Å². The van der Waals surface area contributed by atoms with Crippen LogP contribution < -0.4 is 5.32 Å². The first-order valence-corrected chi connectivity index (χ1v) is 12.4. The minimum absolute atomic E-state index is 0.621. The Balaban J connectivity index is 1.61. The van der Waals surface area contributed by atoms with Gasteiger partial charge in [-0.15, -0.1) is 0 Å². The van der Waals surface area contributed by atoms with Crippen molar-refractivity contribution in [1.29, 1.82) is 5.26 Å². The van der Waals surface area contributed by atoms with E-state index in [-0.39, 0.29) is 0 Å². The van der Waals surface area contributed by atoms with Crippen molar-refractivity contribution in [2.24, 2.45) is 0 Å². The molecule has 6 aromatic rings. The Morgan fingerprint density at radius 2 is 1.73 bits per heavy atom. The van der Waals surface area contributed by atoms with Crippen molar-refractivity contribution in [2.45, 2.75) is 6.42 Å². The van der Waals surface area contributed by atoms with Crippen molar-refractivity contribution < 1.29 is 4.74 Å². The van der Waals surface area contributed by atoms with Gasteiger partial charge in [-0.25, -0.2) is 0 Å². The molecule has 0 atom stereocenters. The summed E-state index contributed by atoms with van der Waals surface area (Å²) in [6.45, 7) is 1.38. The lowest BCUT2D eigenvalue weighted by atomic mass is 9.99. The molecule has 0 bridgehead atoms. The number of anilines is 1. The molecule has 1 N–H and O–H groups in total. The van der Waals surface area contributed by atoms with E-state index < -0.39 is 0 Å². The van der Waals surface area contributed by atoms with Gasteiger partial charge in [0.25, 0.3) is 0 Å². The van der Waals surface area contributed by atoms with Gasteiger partial charge in [0.2, 0.25) is 0 Å². The van der Waals surface area contributed by atoms with Gasteiger partial charge in [0, 0.05) is 48.2 Å². The van der Waals surface area contributed by atoms with Gasteiger partial charge in [0.15, 0.2) is 0 Å². The van der Waals surface area contributed by atoms with Gasteiger partial charge in [-0.3, -0.25) is 4.98 Å². The van der Waals surface area contributed by atoms with Crippen LogP contribution >= 0.6 is 0 Å². The van der Waals surface area contributed by atoms with E-state index >= 15 is 0 Å². The second-order valence-corrected chi connectivity index (χ2v) is 9.05. The van der Waals surface area contributed by atoms with E-state index in [1.54, 1.807) is 7.11 Å². The summed E-state index contributed by atoms with van der Waals surface area (Å²) in [6.07, 6.45) is 2.81. The van der Waals surface area contributed by atoms with Gasteiger partial charge in [-0.2, -0.15) is 5.26 Å². The fraction of sp³-hybridized carbons (Fsp3) is 0.125. The van der Waals surface area contributed by atoms with Crippen molar-refractivity contribution in [3.8, 4) is 22.9 Å². The number of hydrogen-bond donors (Lipinski definition) is 1. The molecule has 0 aliphatic heterocycles. The van der Waals surface area contributed by atoms with Crippen LogP contribution in [0.2, 0.25) is 0 Å². The molecule has 2 aromatic heterocycles. The Morgan fingerprint density at radius 3 is 2.62 bits per heavy atom. The maximum atomic E-state index is 9.92. The van der Waals surface area contributed by atoms with Crippen molar-refractivity contribution in [2.75, 3.05) is 25.6 Å². The third-order valence-corrected chi connectivity index (χ3v) is 6.83. The number of benzene rings is 4. The zero-order valence-electron chi connectivity index (χ0n) is 20.6. The highest BCUT2D eigenvalue weighted by Gasteiger charge is 2.19. The van der Waals surface area contributed by atoms with Crippen molar-refractivity contribution in [1.82, 2.24) is 9.55 Å². The van der Waals surface area contributed by atoms with Crippen LogP contribution in [-0.4, -0.2) is 29.8 Å². The normalized spacial score (nSPS) is 11.2. The maximum Gasteiger partial charge on any atom is 0.101 e. The van der Waals surface area contributed by atoms with Crippen LogP contribution in [0.3, 0.4) is 0 Å². The predicted octanol–water partition coefficient (Wildman–Crippen LogP) is 7.32. The summed E-state index contributed by atoms with van der Waals surface area (Å²) in [5.41, 5.74) is 7.79. The van der Waals surface area contributed by atoms with E-state index in [2.05, 4.69) is 76.6 Å². The smallest absolute Gasteiger partial charge is 0.101 e. The average Bonchev–Trinajstić information content (AvgIpc) is 3.29. The van der Waals surface area contributed by atoms with Crippen LogP contribution in [0.5, 0.6) is 0 Å². The molecule has 2 heterocycles. The molecule has 5 heteroatoms. The van der Waals surface area contributed by atoms with Crippen LogP contribution in [-0.2, 0) is 4.74 Å². The number of ether oxygens (including phenoxy) is 1. The van der Waals surface area contributed by atoms with Gasteiger partial charge in [0.1, 0.15) is 6.07 Å². The van der Waals surface area contributed by atoms with Crippen LogP contribution in [0.25, 0.3) is 49.5 Å². The number of aromatic nitrogens is 2. The summed E-state index contributed by atoms with van der Waals surface area (Å²) in [5, 5.41) is 16.9. The lowest BCUT2D eigenvalue weighted by Crippen LogP contribution is -2.09. The maximum absolute atomic E-state index is 9.92. The number of nitrogens with one attached hydrogen (secondary N) is 1. The van der Waals surface area contributed by atoms with Gasteiger partial charge in [0.05, 0.1) is 33.5 Å². The lowest BCUT2D eigenvalue weighted by molar-refractivity contribution is 0.198. The first-order chi connectivity index (χ1) is 18.3. The van der Waals surface area contributed by atoms with Crippen LogP contribution in [0.1, 0.15) is 12.0 Å². The number of hydrogen-bond acceptors (Lipinski definition) is 4. The molecule has 0 unspecified atom stereocenters. The molecule has 6 rings (SSSR count). The van der Waals surface area contributed by atoms with Crippen molar-refractivity contribution >= 4 is 38.4 Å². The number of pyridine rings is 1. The Labute approximate surface area is 215 Å². The summed E-state index contributed by atoms with van der Waals surface area (Å²) < 4.78 is 7.49. The van der Waals surface area contributed by atoms with E-state index in [1.165, 1.54) is 5.39 Å². The van der Waals surface area contributed by atoms with E-state index in [0.717, 1.165) is 56.2 Å². The van der Waals surface area contributed by atoms with Crippen LogP contribution in [0.15, 0.2) is 97.2 Å². The van der Waals surface area contributed by atoms with E-state index in [4.69, 9.17) is 9.72 Å². The summed E-state index contributed by atoms with van der Waals surface area (Å²) in [4.78, 5) is 4.73. The highest BCUT2D eigenvalue weighted by Crippen LogP contribution is 2.40. The van der Waals surface area contributed by atoms with Gasteiger partial charge >= 0.3 is 0 Å². The predicted molar refractivity (Wildman–Crippen MR) is 151 cm³/mol. The molecule has 0 fully saturated rings. The van der Waals surface area contributed by atoms with E-state index in [0.29, 0.717) is 18.7 Å². The van der Waals surface area contributed by atoms with Gasteiger partial charge in [-0.1, -0.05) is 54.6 Å². The molecule has 0 aliphatic carbocycles. The van der Waals surface area contributed by atoms with Gasteiger partial charge in [-0.05, 0) is 48.4 Å². The summed E-state index contributed by atoms with van der Waals surface area (Å²) >= 11 is 0. The Hall–Kier alpha value is -4.66. The number of rotatable bonds is 7. The summed E-state index contributed by atoms with van der Waals surface area (Å²) in [6, 6.07) is 33.6. The molecule has 0 amide bonds. The third-order valence-electron chi connectivity index (χ3n) is 6.83. The highest BCUT2D eigenvalue weighted by atomic mass is 16.5. The second-order valence-electron chi connectivity index (χ2n) is 9.05. The quantitative estimate of drug-likeness (QED) is 0.242. The molecule has 0 saturated heterocycles. The zero-order valence-corrected chi connectivity index (χ0v) is 20.6. The molecule has 0 radical (unpaired) electrons. The molecule has 4 aromatic carbocycles.